The van der Waals surface area contributed by atoms with Crippen LogP contribution in [0.15, 0.2) is 55.4 Å². The Morgan fingerprint density at radius 3 is 2.86 bits per heavy atom. The van der Waals surface area contributed by atoms with E-state index in [-0.39, 0.29) is 0 Å². The normalized spacial score (nSPS) is 10.7. The molecule has 0 atom stereocenters. The maximum atomic E-state index is 4.43. The van der Waals surface area contributed by atoms with Crippen molar-refractivity contribution in [1.82, 2.24) is 19.1 Å². The average molecular weight is 281 g/mol. The highest BCUT2D eigenvalue weighted by molar-refractivity contribution is 5.43. The van der Waals surface area contributed by atoms with Crippen molar-refractivity contribution >= 4 is 5.69 Å². The van der Waals surface area contributed by atoms with Gasteiger partial charge in [0.25, 0.3) is 0 Å². The minimum atomic E-state index is 0.805. The van der Waals surface area contributed by atoms with E-state index in [1.165, 1.54) is 5.69 Å². The van der Waals surface area contributed by atoms with Crippen LogP contribution in [0.2, 0.25) is 0 Å². The van der Waals surface area contributed by atoms with Crippen LogP contribution in [0.4, 0.5) is 5.69 Å². The van der Waals surface area contributed by atoms with Gasteiger partial charge in [-0.3, -0.25) is 4.57 Å². The Hall–Kier alpha value is -2.56. The van der Waals surface area contributed by atoms with E-state index < -0.39 is 0 Å². The van der Waals surface area contributed by atoms with Gasteiger partial charge in [0.15, 0.2) is 0 Å². The standard InChI is InChI=1S/C16H19N5/c1-2-8-20-9-3-4-15(20)12-18-14-5-6-16(19-11-14)21-10-7-17-13-21/h3-7,9-11,13,18H,2,8,12H2,1H3. The molecule has 3 aromatic rings. The minimum Gasteiger partial charge on any atom is -0.378 e. The number of nitrogens with zero attached hydrogens (tertiary/aromatic N) is 4. The third-order valence-corrected chi connectivity index (χ3v) is 3.38. The molecule has 3 rings (SSSR count). The lowest BCUT2D eigenvalue weighted by Gasteiger charge is -2.10. The maximum Gasteiger partial charge on any atom is 0.137 e. The zero-order chi connectivity index (χ0) is 14.5. The van der Waals surface area contributed by atoms with Crippen LogP contribution in [-0.2, 0) is 13.1 Å². The predicted octanol–water partition coefficient (Wildman–Crippen LogP) is 3.09. The van der Waals surface area contributed by atoms with Crippen molar-refractivity contribution in [3.05, 3.63) is 61.1 Å². The Balaban J connectivity index is 1.64. The third-order valence-electron chi connectivity index (χ3n) is 3.38. The number of nitrogens with one attached hydrogen (secondary N) is 1. The largest absolute Gasteiger partial charge is 0.378 e. The van der Waals surface area contributed by atoms with Gasteiger partial charge in [0.05, 0.1) is 18.4 Å². The summed E-state index contributed by atoms with van der Waals surface area (Å²) in [7, 11) is 0. The van der Waals surface area contributed by atoms with Gasteiger partial charge in [-0.15, -0.1) is 0 Å². The Morgan fingerprint density at radius 2 is 2.14 bits per heavy atom. The molecule has 21 heavy (non-hydrogen) atoms. The molecule has 5 nitrogen and oxygen atoms in total. The van der Waals surface area contributed by atoms with Crippen molar-refractivity contribution in [3.8, 4) is 5.82 Å². The second kappa shape index (κ2) is 6.26. The van der Waals surface area contributed by atoms with Crippen molar-refractivity contribution in [2.24, 2.45) is 0 Å². The highest BCUT2D eigenvalue weighted by Gasteiger charge is 2.01. The fourth-order valence-corrected chi connectivity index (χ4v) is 2.30. The molecular weight excluding hydrogens is 262 g/mol. The summed E-state index contributed by atoms with van der Waals surface area (Å²) in [6.45, 7) is 4.05. The first-order valence-corrected chi connectivity index (χ1v) is 7.19. The number of imidazole rings is 1. The molecule has 0 fully saturated rings. The summed E-state index contributed by atoms with van der Waals surface area (Å²) in [6.07, 6.45) is 10.5. The molecule has 0 amide bonds. The lowest BCUT2D eigenvalue weighted by atomic mass is 10.3. The summed E-state index contributed by atoms with van der Waals surface area (Å²) >= 11 is 0. The first-order valence-electron chi connectivity index (χ1n) is 7.19. The van der Waals surface area contributed by atoms with E-state index in [1.807, 2.05) is 29.1 Å². The fourth-order valence-electron chi connectivity index (χ4n) is 2.30. The Labute approximate surface area is 124 Å². The molecule has 0 radical (unpaired) electrons. The Kier molecular flexibility index (Phi) is 4.00. The zero-order valence-electron chi connectivity index (χ0n) is 12.1. The second-order valence-corrected chi connectivity index (χ2v) is 4.92. The molecule has 0 bridgehead atoms. The number of rotatable bonds is 6. The number of aryl methyl sites for hydroxylation is 1. The number of pyridine rings is 1. The molecule has 0 aromatic carbocycles. The molecule has 3 heterocycles. The number of hydrogen-bond acceptors (Lipinski definition) is 3. The topological polar surface area (TPSA) is 47.7 Å². The molecule has 0 saturated heterocycles. The van der Waals surface area contributed by atoms with E-state index in [0.29, 0.717) is 0 Å². The fraction of sp³-hybridized carbons (Fsp3) is 0.250. The van der Waals surface area contributed by atoms with Gasteiger partial charge < -0.3 is 9.88 Å². The summed E-state index contributed by atoms with van der Waals surface area (Å²) in [5.41, 5.74) is 2.30. The van der Waals surface area contributed by atoms with Crippen LogP contribution in [0, 0.1) is 0 Å². The molecule has 0 saturated carbocycles. The van der Waals surface area contributed by atoms with Crippen molar-refractivity contribution in [2.45, 2.75) is 26.4 Å². The molecule has 0 aliphatic rings. The van der Waals surface area contributed by atoms with Gasteiger partial charge in [-0.1, -0.05) is 6.92 Å². The van der Waals surface area contributed by atoms with E-state index in [1.54, 1.807) is 12.5 Å². The van der Waals surface area contributed by atoms with Crippen molar-refractivity contribution < 1.29 is 0 Å². The van der Waals surface area contributed by atoms with Crippen LogP contribution in [0.25, 0.3) is 5.82 Å². The molecule has 0 aliphatic carbocycles. The van der Waals surface area contributed by atoms with Crippen LogP contribution in [0.5, 0.6) is 0 Å². The van der Waals surface area contributed by atoms with Crippen molar-refractivity contribution in [2.75, 3.05) is 5.32 Å². The molecule has 5 heteroatoms. The smallest absolute Gasteiger partial charge is 0.137 e. The summed E-state index contributed by atoms with van der Waals surface area (Å²) in [5, 5.41) is 3.41. The molecule has 0 aliphatic heterocycles. The quantitative estimate of drug-likeness (QED) is 0.755. The van der Waals surface area contributed by atoms with Crippen LogP contribution < -0.4 is 5.32 Å². The number of aromatic nitrogens is 4. The lowest BCUT2D eigenvalue weighted by molar-refractivity contribution is 0.654. The van der Waals surface area contributed by atoms with E-state index in [2.05, 4.69) is 45.1 Å². The molecule has 0 unspecified atom stereocenters. The molecule has 3 aromatic heterocycles. The average Bonchev–Trinajstić information content (AvgIpc) is 3.18. The lowest BCUT2D eigenvalue weighted by Crippen LogP contribution is -2.07. The molecule has 108 valence electrons. The first-order chi connectivity index (χ1) is 10.4. The van der Waals surface area contributed by atoms with Crippen LogP contribution in [0.1, 0.15) is 19.0 Å². The van der Waals surface area contributed by atoms with Gasteiger partial charge in [0.1, 0.15) is 12.1 Å². The first kappa shape index (κ1) is 13.4. The van der Waals surface area contributed by atoms with Crippen LogP contribution in [-0.4, -0.2) is 19.1 Å². The van der Waals surface area contributed by atoms with Crippen molar-refractivity contribution in [1.29, 1.82) is 0 Å². The van der Waals surface area contributed by atoms with Gasteiger partial charge >= 0.3 is 0 Å². The molecule has 0 spiro atoms. The van der Waals surface area contributed by atoms with Gasteiger partial charge in [0, 0.05) is 30.8 Å². The molecule has 1 N–H and O–H groups in total. The summed E-state index contributed by atoms with van der Waals surface area (Å²) in [6, 6.07) is 8.26. The minimum absolute atomic E-state index is 0.805. The summed E-state index contributed by atoms with van der Waals surface area (Å²) in [5.74, 6) is 0.868. The Bertz CT molecular complexity index is 667. The summed E-state index contributed by atoms with van der Waals surface area (Å²) in [4.78, 5) is 8.46. The van der Waals surface area contributed by atoms with Crippen LogP contribution >= 0.6 is 0 Å². The SMILES string of the molecule is CCCn1cccc1CNc1ccc(-n2ccnc2)nc1. The van der Waals surface area contributed by atoms with E-state index >= 15 is 0 Å². The van der Waals surface area contributed by atoms with E-state index in [9.17, 15) is 0 Å². The Morgan fingerprint density at radius 1 is 1.19 bits per heavy atom. The third kappa shape index (κ3) is 3.13. The second-order valence-electron chi connectivity index (χ2n) is 4.92. The predicted molar refractivity (Wildman–Crippen MR) is 83.4 cm³/mol. The number of hydrogen-bond donors (Lipinski definition) is 1. The van der Waals surface area contributed by atoms with Gasteiger partial charge in [-0.25, -0.2) is 9.97 Å². The van der Waals surface area contributed by atoms with E-state index in [0.717, 1.165) is 31.0 Å². The van der Waals surface area contributed by atoms with E-state index in [4.69, 9.17) is 0 Å². The van der Waals surface area contributed by atoms with Crippen LogP contribution in [0.3, 0.4) is 0 Å². The number of anilines is 1. The zero-order valence-corrected chi connectivity index (χ0v) is 12.1. The van der Waals surface area contributed by atoms with Gasteiger partial charge in [-0.05, 0) is 30.7 Å². The summed E-state index contributed by atoms with van der Waals surface area (Å²) < 4.78 is 4.16. The monoisotopic (exact) mass is 281 g/mol. The highest BCUT2D eigenvalue weighted by atomic mass is 15.1. The maximum absolute atomic E-state index is 4.43. The van der Waals surface area contributed by atoms with Crippen molar-refractivity contribution in [3.63, 3.8) is 0 Å². The molecular formula is C16H19N5. The highest BCUT2D eigenvalue weighted by Crippen LogP contribution is 2.12. The van der Waals surface area contributed by atoms with Gasteiger partial charge in [0.2, 0.25) is 0 Å². The van der Waals surface area contributed by atoms with Gasteiger partial charge in [-0.2, -0.15) is 0 Å².